The van der Waals surface area contributed by atoms with Gasteiger partial charge in [0, 0.05) is 18.0 Å². The molecule has 1 aromatic heterocycles. The van der Waals surface area contributed by atoms with Crippen LogP contribution in [0.2, 0.25) is 0 Å². The van der Waals surface area contributed by atoms with E-state index in [4.69, 9.17) is 4.42 Å². The van der Waals surface area contributed by atoms with Gasteiger partial charge in [0.1, 0.15) is 11.3 Å². The number of benzene rings is 2. The second-order valence-corrected chi connectivity index (χ2v) is 6.99. The van der Waals surface area contributed by atoms with Crippen LogP contribution in [0.3, 0.4) is 0 Å². The van der Waals surface area contributed by atoms with Gasteiger partial charge in [-0.25, -0.2) is 4.79 Å². The first-order valence-electron chi connectivity index (χ1n) is 9.23. The van der Waals surface area contributed by atoms with Gasteiger partial charge in [-0.2, -0.15) is 0 Å². The third kappa shape index (κ3) is 3.33. The molecule has 1 atom stereocenters. The molecule has 5 heteroatoms. The Balaban J connectivity index is 1.83. The minimum absolute atomic E-state index is 0.0123. The minimum atomic E-state index is -0.508. The maximum absolute atomic E-state index is 12.7. The van der Waals surface area contributed by atoms with Gasteiger partial charge in [0.05, 0.1) is 10.9 Å². The van der Waals surface area contributed by atoms with Gasteiger partial charge in [-0.1, -0.05) is 31.2 Å². The highest BCUT2D eigenvalue weighted by Crippen LogP contribution is 2.48. The number of amides is 1. The van der Waals surface area contributed by atoms with Gasteiger partial charge in [0.2, 0.25) is 5.91 Å². The molecule has 0 bridgehead atoms. The summed E-state index contributed by atoms with van der Waals surface area (Å²) in [5.41, 5.74) is 1.75. The largest absolute Gasteiger partial charge is 0.507 e. The summed E-state index contributed by atoms with van der Waals surface area (Å²) in [5, 5.41) is 14.3. The normalized spacial score (nSPS) is 14.9. The van der Waals surface area contributed by atoms with Gasteiger partial charge in [-0.3, -0.25) is 4.79 Å². The van der Waals surface area contributed by atoms with Crippen molar-refractivity contribution in [2.75, 3.05) is 5.32 Å². The smallest absolute Gasteiger partial charge is 0.343 e. The second-order valence-electron chi connectivity index (χ2n) is 6.99. The van der Waals surface area contributed by atoms with Gasteiger partial charge >= 0.3 is 5.63 Å². The Morgan fingerprint density at radius 1 is 1.22 bits per heavy atom. The molecule has 1 aliphatic carbocycles. The maximum atomic E-state index is 12.7. The van der Waals surface area contributed by atoms with Crippen molar-refractivity contribution >= 4 is 22.6 Å². The molecule has 0 aliphatic heterocycles. The van der Waals surface area contributed by atoms with Crippen LogP contribution < -0.4 is 10.9 Å². The molecule has 2 aromatic carbocycles. The maximum Gasteiger partial charge on any atom is 0.343 e. The fourth-order valence-electron chi connectivity index (χ4n) is 3.59. The summed E-state index contributed by atoms with van der Waals surface area (Å²) in [6, 6.07) is 14.5. The fourth-order valence-corrected chi connectivity index (χ4v) is 3.59. The summed E-state index contributed by atoms with van der Waals surface area (Å²) in [6.07, 6.45) is 2.37. The minimum Gasteiger partial charge on any atom is -0.507 e. The molecule has 0 radical (unpaired) electrons. The van der Waals surface area contributed by atoms with Crippen molar-refractivity contribution in [1.29, 1.82) is 0 Å². The molecule has 1 amide bonds. The number of carbonyl (C=O) groups excluding carboxylic acids is 1. The van der Waals surface area contributed by atoms with E-state index in [1.165, 1.54) is 0 Å². The first-order valence-corrected chi connectivity index (χ1v) is 9.23. The van der Waals surface area contributed by atoms with Crippen molar-refractivity contribution in [3.63, 3.8) is 0 Å². The molecule has 1 aliphatic rings. The average molecular weight is 363 g/mol. The monoisotopic (exact) mass is 363 g/mol. The lowest BCUT2D eigenvalue weighted by Gasteiger charge is -2.19. The number of hydrogen-bond acceptors (Lipinski definition) is 4. The van der Waals surface area contributed by atoms with Crippen LogP contribution in [0.1, 0.15) is 43.2 Å². The van der Waals surface area contributed by atoms with Crippen molar-refractivity contribution in [2.24, 2.45) is 5.92 Å². The topological polar surface area (TPSA) is 79.5 Å². The Bertz CT molecular complexity index is 1070. The molecular weight excluding hydrogens is 342 g/mol. The van der Waals surface area contributed by atoms with Gasteiger partial charge in [-0.15, -0.1) is 0 Å². The summed E-state index contributed by atoms with van der Waals surface area (Å²) in [4.78, 5) is 24.4. The molecule has 0 saturated heterocycles. The van der Waals surface area contributed by atoms with Crippen LogP contribution in [0.25, 0.3) is 11.0 Å². The molecule has 1 fully saturated rings. The van der Waals surface area contributed by atoms with Crippen LogP contribution in [-0.4, -0.2) is 11.0 Å². The standard InChI is InChI=1S/C22H21NO4/c1-2-18(24)23-15-7-5-6-14(12-15)19(13-10-11-13)20-21(25)16-8-3-4-9-17(16)27-22(20)26/h3-9,12-13,19,25H,2,10-11H2,1H3,(H,23,24). The molecule has 27 heavy (non-hydrogen) atoms. The molecule has 1 unspecified atom stereocenters. The van der Waals surface area contributed by atoms with E-state index >= 15 is 0 Å². The number of aromatic hydroxyl groups is 1. The number of carbonyl (C=O) groups is 1. The van der Waals surface area contributed by atoms with E-state index in [1.807, 2.05) is 24.3 Å². The first-order chi connectivity index (χ1) is 13.1. The van der Waals surface area contributed by atoms with Crippen LogP contribution in [-0.2, 0) is 4.79 Å². The number of hydrogen-bond donors (Lipinski definition) is 2. The molecule has 1 saturated carbocycles. The fraction of sp³-hybridized carbons (Fsp3) is 0.273. The van der Waals surface area contributed by atoms with E-state index in [-0.39, 0.29) is 23.5 Å². The molecule has 5 nitrogen and oxygen atoms in total. The lowest BCUT2D eigenvalue weighted by molar-refractivity contribution is -0.115. The third-order valence-corrected chi connectivity index (χ3v) is 5.07. The first kappa shape index (κ1) is 17.3. The van der Waals surface area contributed by atoms with E-state index in [0.717, 1.165) is 18.4 Å². The van der Waals surface area contributed by atoms with Crippen LogP contribution in [0.4, 0.5) is 5.69 Å². The van der Waals surface area contributed by atoms with Gasteiger partial charge in [0.15, 0.2) is 0 Å². The predicted molar refractivity (Wildman–Crippen MR) is 104 cm³/mol. The van der Waals surface area contributed by atoms with Crippen LogP contribution in [0.5, 0.6) is 5.75 Å². The quantitative estimate of drug-likeness (QED) is 0.659. The van der Waals surface area contributed by atoms with Gasteiger partial charge < -0.3 is 14.8 Å². The van der Waals surface area contributed by atoms with E-state index < -0.39 is 5.63 Å². The van der Waals surface area contributed by atoms with E-state index in [1.54, 1.807) is 31.2 Å². The average Bonchev–Trinajstić information content (AvgIpc) is 3.50. The Hall–Kier alpha value is -3.08. The zero-order valence-electron chi connectivity index (χ0n) is 15.1. The molecule has 3 aromatic rings. The predicted octanol–water partition coefficient (Wildman–Crippen LogP) is 4.39. The van der Waals surface area contributed by atoms with Crippen molar-refractivity contribution in [2.45, 2.75) is 32.1 Å². The zero-order chi connectivity index (χ0) is 19.0. The number of anilines is 1. The van der Waals surface area contributed by atoms with Gasteiger partial charge in [-0.05, 0) is 48.6 Å². The van der Waals surface area contributed by atoms with Gasteiger partial charge in [0.25, 0.3) is 0 Å². The number of nitrogens with one attached hydrogen (secondary N) is 1. The summed E-state index contributed by atoms with van der Waals surface area (Å²) >= 11 is 0. The summed E-state index contributed by atoms with van der Waals surface area (Å²) in [5.74, 6) is -0.0636. The lowest BCUT2D eigenvalue weighted by atomic mass is 9.86. The highest BCUT2D eigenvalue weighted by Gasteiger charge is 2.37. The number of rotatable bonds is 5. The zero-order valence-corrected chi connectivity index (χ0v) is 15.1. The molecular formula is C22H21NO4. The Morgan fingerprint density at radius 2 is 2.00 bits per heavy atom. The third-order valence-electron chi connectivity index (χ3n) is 5.07. The van der Waals surface area contributed by atoms with E-state index in [2.05, 4.69) is 5.32 Å². The molecule has 0 spiro atoms. The van der Waals surface area contributed by atoms with Crippen molar-refractivity contribution < 1.29 is 14.3 Å². The Morgan fingerprint density at radius 3 is 2.74 bits per heavy atom. The molecule has 1 heterocycles. The molecule has 138 valence electrons. The Kier molecular flexibility index (Phi) is 4.44. The van der Waals surface area contributed by atoms with Crippen LogP contribution >= 0.6 is 0 Å². The number of para-hydroxylation sites is 1. The summed E-state index contributed by atoms with van der Waals surface area (Å²) < 4.78 is 5.48. The number of fused-ring (bicyclic) bond motifs is 1. The molecule has 2 N–H and O–H groups in total. The lowest BCUT2D eigenvalue weighted by Crippen LogP contribution is -2.16. The van der Waals surface area contributed by atoms with E-state index in [0.29, 0.717) is 28.6 Å². The molecule has 4 rings (SSSR count). The summed E-state index contributed by atoms with van der Waals surface area (Å²) in [6.45, 7) is 1.80. The highest BCUT2D eigenvalue weighted by molar-refractivity contribution is 5.90. The SMILES string of the molecule is CCC(=O)Nc1cccc(C(c2c(O)c3ccccc3oc2=O)C2CC2)c1. The summed E-state index contributed by atoms with van der Waals surface area (Å²) in [7, 11) is 0. The van der Waals surface area contributed by atoms with Crippen molar-refractivity contribution in [3.8, 4) is 5.75 Å². The van der Waals surface area contributed by atoms with Crippen LogP contribution in [0.15, 0.2) is 57.7 Å². The van der Waals surface area contributed by atoms with Crippen molar-refractivity contribution in [1.82, 2.24) is 0 Å². The van der Waals surface area contributed by atoms with Crippen LogP contribution in [0, 0.1) is 5.92 Å². The van der Waals surface area contributed by atoms with E-state index in [9.17, 15) is 14.7 Å². The van der Waals surface area contributed by atoms with Crippen molar-refractivity contribution in [3.05, 3.63) is 70.1 Å². The Labute approximate surface area is 156 Å². The second kappa shape index (κ2) is 6.91. The highest BCUT2D eigenvalue weighted by atomic mass is 16.4.